The SMILES string of the molecule is O=C(CCc1cscn1)NCC1CCCN1. The van der Waals surface area contributed by atoms with Crippen LogP contribution in [0.1, 0.15) is 25.0 Å². The van der Waals surface area contributed by atoms with Crippen LogP contribution in [0.25, 0.3) is 0 Å². The third kappa shape index (κ3) is 3.57. The zero-order valence-corrected chi connectivity index (χ0v) is 10.1. The summed E-state index contributed by atoms with van der Waals surface area (Å²) in [6.07, 6.45) is 3.68. The average Bonchev–Trinajstić information content (AvgIpc) is 2.96. The fourth-order valence-electron chi connectivity index (χ4n) is 1.86. The molecule has 1 saturated heterocycles. The molecule has 1 unspecified atom stereocenters. The van der Waals surface area contributed by atoms with Gasteiger partial charge in [0.05, 0.1) is 11.2 Å². The maximum Gasteiger partial charge on any atom is 0.220 e. The summed E-state index contributed by atoms with van der Waals surface area (Å²) in [5, 5.41) is 8.31. The van der Waals surface area contributed by atoms with Gasteiger partial charge in [-0.15, -0.1) is 11.3 Å². The van der Waals surface area contributed by atoms with E-state index in [0.717, 1.165) is 25.2 Å². The van der Waals surface area contributed by atoms with E-state index in [-0.39, 0.29) is 5.91 Å². The molecule has 0 aromatic carbocycles. The summed E-state index contributed by atoms with van der Waals surface area (Å²) in [6, 6.07) is 0.475. The van der Waals surface area contributed by atoms with Crippen LogP contribution in [0, 0.1) is 0 Å². The van der Waals surface area contributed by atoms with Crippen LogP contribution < -0.4 is 10.6 Å². The van der Waals surface area contributed by atoms with Crippen LogP contribution in [-0.4, -0.2) is 30.0 Å². The van der Waals surface area contributed by atoms with Crippen molar-refractivity contribution in [3.63, 3.8) is 0 Å². The predicted octanol–water partition coefficient (Wildman–Crippen LogP) is 0.944. The first-order chi connectivity index (χ1) is 7.84. The molecule has 2 N–H and O–H groups in total. The lowest BCUT2D eigenvalue weighted by atomic mass is 10.2. The Balaban J connectivity index is 1.60. The number of hydrogen-bond acceptors (Lipinski definition) is 4. The van der Waals surface area contributed by atoms with Gasteiger partial charge in [-0.3, -0.25) is 4.79 Å². The highest BCUT2D eigenvalue weighted by Gasteiger charge is 2.14. The van der Waals surface area contributed by atoms with Gasteiger partial charge in [0.25, 0.3) is 0 Å². The summed E-state index contributed by atoms with van der Waals surface area (Å²) in [5.74, 6) is 0.127. The summed E-state index contributed by atoms with van der Waals surface area (Å²) in [5.41, 5.74) is 2.81. The fraction of sp³-hybridized carbons (Fsp3) is 0.636. The molecule has 5 heteroatoms. The van der Waals surface area contributed by atoms with Crippen molar-refractivity contribution >= 4 is 17.2 Å². The van der Waals surface area contributed by atoms with E-state index in [1.54, 1.807) is 16.8 Å². The van der Waals surface area contributed by atoms with Crippen LogP contribution in [-0.2, 0) is 11.2 Å². The van der Waals surface area contributed by atoms with E-state index in [2.05, 4.69) is 15.6 Å². The Kier molecular flexibility index (Phi) is 4.30. The standard InChI is InChI=1S/C11H17N3OS/c15-11(4-3-10-7-16-8-14-10)13-6-9-2-1-5-12-9/h7-9,12H,1-6H2,(H,13,15). The number of hydrogen-bond donors (Lipinski definition) is 2. The lowest BCUT2D eigenvalue weighted by Gasteiger charge is -2.10. The Bertz CT molecular complexity index is 320. The van der Waals surface area contributed by atoms with Gasteiger partial charge in [-0.25, -0.2) is 4.98 Å². The molecule has 2 heterocycles. The minimum atomic E-state index is 0.127. The molecule has 1 aromatic rings. The predicted molar refractivity (Wildman–Crippen MR) is 64.5 cm³/mol. The second-order valence-electron chi connectivity index (χ2n) is 4.08. The number of thiazole rings is 1. The summed E-state index contributed by atoms with van der Waals surface area (Å²) in [6.45, 7) is 1.84. The molecule has 1 aliphatic heterocycles. The molecule has 1 atom stereocenters. The molecule has 0 spiro atoms. The Morgan fingerprint density at radius 3 is 3.31 bits per heavy atom. The van der Waals surface area contributed by atoms with Gasteiger partial charge >= 0.3 is 0 Å². The van der Waals surface area contributed by atoms with E-state index >= 15 is 0 Å². The third-order valence-corrected chi connectivity index (χ3v) is 3.43. The number of carbonyl (C=O) groups is 1. The van der Waals surface area contributed by atoms with Gasteiger partial charge in [0.2, 0.25) is 5.91 Å². The van der Waals surface area contributed by atoms with Crippen LogP contribution in [0.2, 0.25) is 0 Å². The molecule has 2 rings (SSSR count). The largest absolute Gasteiger partial charge is 0.355 e. The monoisotopic (exact) mass is 239 g/mol. The molecule has 0 radical (unpaired) electrons. The first kappa shape index (κ1) is 11.5. The number of nitrogens with zero attached hydrogens (tertiary/aromatic N) is 1. The normalized spacial score (nSPS) is 19.9. The van der Waals surface area contributed by atoms with Crippen LogP contribution in [0.15, 0.2) is 10.9 Å². The zero-order chi connectivity index (χ0) is 11.2. The summed E-state index contributed by atoms with van der Waals surface area (Å²) in [4.78, 5) is 15.7. The molecule has 1 aromatic heterocycles. The van der Waals surface area contributed by atoms with Crippen molar-refractivity contribution in [1.29, 1.82) is 0 Å². The molecule has 4 nitrogen and oxygen atoms in total. The Labute approximate surface area is 99.5 Å². The Morgan fingerprint density at radius 2 is 2.62 bits per heavy atom. The minimum absolute atomic E-state index is 0.127. The van der Waals surface area contributed by atoms with Gasteiger partial charge in [0.15, 0.2) is 0 Å². The molecule has 1 aliphatic rings. The molecular formula is C11H17N3OS. The number of nitrogens with one attached hydrogen (secondary N) is 2. The van der Waals surface area contributed by atoms with Crippen molar-refractivity contribution < 1.29 is 4.79 Å². The van der Waals surface area contributed by atoms with Gasteiger partial charge in [-0.2, -0.15) is 0 Å². The first-order valence-electron chi connectivity index (χ1n) is 5.72. The number of carbonyl (C=O) groups excluding carboxylic acids is 1. The lowest BCUT2D eigenvalue weighted by Crippen LogP contribution is -2.37. The van der Waals surface area contributed by atoms with E-state index in [1.165, 1.54) is 12.8 Å². The van der Waals surface area contributed by atoms with Gasteiger partial charge in [-0.05, 0) is 25.8 Å². The quantitative estimate of drug-likeness (QED) is 0.804. The van der Waals surface area contributed by atoms with Crippen molar-refractivity contribution in [2.75, 3.05) is 13.1 Å². The topological polar surface area (TPSA) is 54.0 Å². The fourth-order valence-corrected chi connectivity index (χ4v) is 2.45. The van der Waals surface area contributed by atoms with Gasteiger partial charge in [-0.1, -0.05) is 0 Å². The van der Waals surface area contributed by atoms with Gasteiger partial charge < -0.3 is 10.6 Å². The van der Waals surface area contributed by atoms with Crippen molar-refractivity contribution in [1.82, 2.24) is 15.6 Å². The van der Waals surface area contributed by atoms with Crippen molar-refractivity contribution in [3.8, 4) is 0 Å². The number of aryl methyl sites for hydroxylation is 1. The highest BCUT2D eigenvalue weighted by molar-refractivity contribution is 7.07. The maximum atomic E-state index is 11.5. The third-order valence-electron chi connectivity index (χ3n) is 2.80. The van der Waals surface area contributed by atoms with Gasteiger partial charge in [0, 0.05) is 24.4 Å². The van der Waals surface area contributed by atoms with Crippen LogP contribution in [0.3, 0.4) is 0 Å². The van der Waals surface area contributed by atoms with Crippen LogP contribution in [0.4, 0.5) is 0 Å². The van der Waals surface area contributed by atoms with Crippen LogP contribution >= 0.6 is 11.3 Å². The molecule has 16 heavy (non-hydrogen) atoms. The number of amides is 1. The summed E-state index contributed by atoms with van der Waals surface area (Å²) < 4.78 is 0. The highest BCUT2D eigenvalue weighted by atomic mass is 32.1. The second-order valence-corrected chi connectivity index (χ2v) is 4.80. The van der Waals surface area contributed by atoms with E-state index in [9.17, 15) is 4.79 Å². The van der Waals surface area contributed by atoms with Gasteiger partial charge in [0.1, 0.15) is 0 Å². The number of rotatable bonds is 5. The van der Waals surface area contributed by atoms with E-state index < -0.39 is 0 Å². The highest BCUT2D eigenvalue weighted by Crippen LogP contribution is 2.05. The molecule has 1 amide bonds. The Hall–Kier alpha value is -0.940. The molecule has 0 bridgehead atoms. The van der Waals surface area contributed by atoms with E-state index in [0.29, 0.717) is 12.5 Å². The minimum Gasteiger partial charge on any atom is -0.355 e. The number of aromatic nitrogens is 1. The average molecular weight is 239 g/mol. The van der Waals surface area contributed by atoms with Crippen molar-refractivity contribution in [2.45, 2.75) is 31.7 Å². The van der Waals surface area contributed by atoms with Crippen LogP contribution in [0.5, 0.6) is 0 Å². The Morgan fingerprint density at radius 1 is 1.69 bits per heavy atom. The zero-order valence-electron chi connectivity index (χ0n) is 9.24. The van der Waals surface area contributed by atoms with E-state index in [1.807, 2.05) is 5.38 Å². The molecule has 0 aliphatic carbocycles. The van der Waals surface area contributed by atoms with Crippen molar-refractivity contribution in [3.05, 3.63) is 16.6 Å². The molecular weight excluding hydrogens is 222 g/mol. The second kappa shape index (κ2) is 5.96. The summed E-state index contributed by atoms with van der Waals surface area (Å²) >= 11 is 1.57. The molecule has 88 valence electrons. The smallest absolute Gasteiger partial charge is 0.220 e. The van der Waals surface area contributed by atoms with Crippen molar-refractivity contribution in [2.24, 2.45) is 0 Å². The summed E-state index contributed by atoms with van der Waals surface area (Å²) in [7, 11) is 0. The molecule has 0 saturated carbocycles. The lowest BCUT2D eigenvalue weighted by molar-refractivity contribution is -0.121. The molecule has 1 fully saturated rings. The maximum absolute atomic E-state index is 11.5. The van der Waals surface area contributed by atoms with E-state index in [4.69, 9.17) is 0 Å². The first-order valence-corrected chi connectivity index (χ1v) is 6.66.